The van der Waals surface area contributed by atoms with Crippen molar-refractivity contribution in [2.45, 2.75) is 19.8 Å². The first-order chi connectivity index (χ1) is 8.22. The van der Waals surface area contributed by atoms with Crippen LogP contribution in [0.3, 0.4) is 0 Å². The zero-order valence-corrected chi connectivity index (χ0v) is 10.4. The summed E-state index contributed by atoms with van der Waals surface area (Å²) in [4.78, 5) is 2.39. The topological polar surface area (TPSA) is 33.4 Å². The van der Waals surface area contributed by atoms with Crippen LogP contribution < -0.4 is 0 Å². The molecule has 1 atom stereocenters. The molecule has 1 aliphatic heterocycles. The lowest BCUT2D eigenvalue weighted by Gasteiger charge is -2.08. The summed E-state index contributed by atoms with van der Waals surface area (Å²) in [5.41, 5.74) is 2.20. The molecule has 0 amide bonds. The number of fused-ring (bicyclic) bond motifs is 1. The van der Waals surface area contributed by atoms with Crippen LogP contribution in [0.5, 0.6) is 0 Å². The molecule has 0 N–H and O–H groups in total. The van der Waals surface area contributed by atoms with Gasteiger partial charge in [-0.3, -0.25) is 4.40 Å². The molecule has 1 saturated heterocycles. The Hall–Kier alpha value is -1.42. The molecule has 4 nitrogen and oxygen atoms in total. The van der Waals surface area contributed by atoms with Gasteiger partial charge in [-0.1, -0.05) is 0 Å². The molecule has 4 heteroatoms. The van der Waals surface area contributed by atoms with Gasteiger partial charge >= 0.3 is 0 Å². The highest BCUT2D eigenvalue weighted by Gasteiger charge is 2.21. The Balaban J connectivity index is 1.85. The number of likely N-dealkylation sites (tertiary alicyclic amines) is 1. The lowest BCUT2D eigenvalue weighted by Crippen LogP contribution is -2.15. The first kappa shape index (κ1) is 10.7. The molecule has 90 valence electrons. The maximum Gasteiger partial charge on any atom is 0.161 e. The summed E-state index contributed by atoms with van der Waals surface area (Å²) in [5, 5.41) is 8.56. The SMILES string of the molecule is Cc1ccn2c(CC3CCN(C)C3)nnc2c1. The van der Waals surface area contributed by atoms with Gasteiger partial charge in [0.1, 0.15) is 5.82 Å². The van der Waals surface area contributed by atoms with Crippen LogP contribution in [0.15, 0.2) is 18.3 Å². The minimum absolute atomic E-state index is 0.730. The van der Waals surface area contributed by atoms with E-state index in [1.807, 2.05) is 0 Å². The highest BCUT2D eigenvalue weighted by atomic mass is 15.2. The molecular formula is C13H18N4. The van der Waals surface area contributed by atoms with Crippen LogP contribution in [-0.2, 0) is 6.42 Å². The largest absolute Gasteiger partial charge is 0.306 e. The second-order valence-electron chi connectivity index (χ2n) is 5.17. The number of pyridine rings is 1. The van der Waals surface area contributed by atoms with Crippen molar-refractivity contribution in [3.05, 3.63) is 29.7 Å². The van der Waals surface area contributed by atoms with E-state index < -0.39 is 0 Å². The van der Waals surface area contributed by atoms with Gasteiger partial charge in [0, 0.05) is 19.2 Å². The molecule has 0 bridgehead atoms. The molecule has 3 heterocycles. The molecule has 1 aliphatic rings. The molecule has 0 aromatic carbocycles. The van der Waals surface area contributed by atoms with Gasteiger partial charge in [-0.2, -0.15) is 0 Å². The van der Waals surface area contributed by atoms with Gasteiger partial charge < -0.3 is 4.90 Å². The number of aryl methyl sites for hydroxylation is 1. The Morgan fingerprint density at radius 2 is 2.29 bits per heavy atom. The minimum atomic E-state index is 0.730. The molecule has 0 saturated carbocycles. The van der Waals surface area contributed by atoms with Crippen LogP contribution in [0.4, 0.5) is 0 Å². The zero-order valence-electron chi connectivity index (χ0n) is 10.4. The molecular weight excluding hydrogens is 212 g/mol. The fourth-order valence-corrected chi connectivity index (χ4v) is 2.63. The van der Waals surface area contributed by atoms with Crippen LogP contribution in [0.1, 0.15) is 17.8 Å². The van der Waals surface area contributed by atoms with Gasteiger partial charge in [0.25, 0.3) is 0 Å². The van der Waals surface area contributed by atoms with Crippen molar-refractivity contribution in [3.63, 3.8) is 0 Å². The number of hydrogen-bond acceptors (Lipinski definition) is 3. The van der Waals surface area contributed by atoms with E-state index in [4.69, 9.17) is 0 Å². The van der Waals surface area contributed by atoms with Crippen LogP contribution >= 0.6 is 0 Å². The first-order valence-corrected chi connectivity index (χ1v) is 6.21. The molecule has 0 aliphatic carbocycles. The first-order valence-electron chi connectivity index (χ1n) is 6.21. The molecule has 17 heavy (non-hydrogen) atoms. The van der Waals surface area contributed by atoms with Crippen LogP contribution in [0.25, 0.3) is 5.65 Å². The van der Waals surface area contributed by atoms with E-state index in [9.17, 15) is 0 Å². The van der Waals surface area contributed by atoms with Crippen molar-refractivity contribution in [2.75, 3.05) is 20.1 Å². The second kappa shape index (κ2) is 4.11. The number of nitrogens with zero attached hydrogens (tertiary/aromatic N) is 4. The van der Waals surface area contributed by atoms with Crippen LogP contribution in [-0.4, -0.2) is 39.6 Å². The maximum atomic E-state index is 4.32. The Kier molecular flexibility index (Phi) is 2.59. The summed E-state index contributed by atoms with van der Waals surface area (Å²) < 4.78 is 2.12. The maximum absolute atomic E-state index is 4.32. The standard InChI is InChI=1S/C13H18N4/c1-10-3-6-17-12(7-10)14-15-13(17)8-11-4-5-16(2)9-11/h3,6-7,11H,4-5,8-9H2,1-2H3. The van der Waals surface area contributed by atoms with Gasteiger partial charge in [0.05, 0.1) is 0 Å². The summed E-state index contributed by atoms with van der Waals surface area (Å²) in [7, 11) is 2.19. The van der Waals surface area contributed by atoms with Crippen molar-refractivity contribution >= 4 is 5.65 Å². The summed E-state index contributed by atoms with van der Waals surface area (Å²) in [6, 6.07) is 4.19. The average molecular weight is 230 g/mol. The molecule has 3 rings (SSSR count). The summed E-state index contributed by atoms with van der Waals surface area (Å²) >= 11 is 0. The van der Waals surface area contributed by atoms with E-state index >= 15 is 0 Å². The van der Waals surface area contributed by atoms with E-state index in [1.165, 1.54) is 25.1 Å². The second-order valence-corrected chi connectivity index (χ2v) is 5.17. The van der Waals surface area contributed by atoms with Crippen molar-refractivity contribution in [1.82, 2.24) is 19.5 Å². The zero-order chi connectivity index (χ0) is 11.8. The smallest absolute Gasteiger partial charge is 0.161 e. The molecule has 1 unspecified atom stereocenters. The molecule has 1 fully saturated rings. The van der Waals surface area contributed by atoms with Crippen molar-refractivity contribution in [3.8, 4) is 0 Å². The van der Waals surface area contributed by atoms with Crippen LogP contribution in [0, 0.1) is 12.8 Å². The monoisotopic (exact) mass is 230 g/mol. The fourth-order valence-electron chi connectivity index (χ4n) is 2.63. The predicted octanol–water partition coefficient (Wildman–Crippen LogP) is 1.53. The quantitative estimate of drug-likeness (QED) is 0.784. The van der Waals surface area contributed by atoms with E-state index in [-0.39, 0.29) is 0 Å². The van der Waals surface area contributed by atoms with E-state index in [1.54, 1.807) is 0 Å². The average Bonchev–Trinajstić information content (AvgIpc) is 2.86. The number of aromatic nitrogens is 3. The normalized spacial score (nSPS) is 21.4. The van der Waals surface area contributed by atoms with E-state index in [0.29, 0.717) is 0 Å². The molecule has 0 radical (unpaired) electrons. The third-order valence-corrected chi connectivity index (χ3v) is 3.60. The Morgan fingerprint density at radius 3 is 3.06 bits per heavy atom. The Bertz CT molecular complexity index is 531. The lowest BCUT2D eigenvalue weighted by molar-refractivity contribution is 0.392. The van der Waals surface area contributed by atoms with E-state index in [2.05, 4.69) is 51.8 Å². The molecule has 2 aromatic heterocycles. The molecule has 2 aromatic rings. The van der Waals surface area contributed by atoms with E-state index in [0.717, 1.165) is 23.8 Å². The third-order valence-electron chi connectivity index (χ3n) is 3.60. The van der Waals surface area contributed by atoms with Crippen molar-refractivity contribution < 1.29 is 0 Å². The summed E-state index contributed by atoms with van der Waals surface area (Å²) in [6.07, 6.45) is 4.39. The fraction of sp³-hybridized carbons (Fsp3) is 0.538. The highest BCUT2D eigenvalue weighted by Crippen LogP contribution is 2.19. The summed E-state index contributed by atoms with van der Waals surface area (Å²) in [5.74, 6) is 1.83. The van der Waals surface area contributed by atoms with Gasteiger partial charge in [-0.15, -0.1) is 10.2 Å². The highest BCUT2D eigenvalue weighted by molar-refractivity contribution is 5.40. The van der Waals surface area contributed by atoms with Crippen molar-refractivity contribution in [2.24, 2.45) is 5.92 Å². The number of rotatable bonds is 2. The Morgan fingerprint density at radius 1 is 1.41 bits per heavy atom. The lowest BCUT2D eigenvalue weighted by atomic mass is 10.0. The number of hydrogen-bond donors (Lipinski definition) is 0. The van der Waals surface area contributed by atoms with Gasteiger partial charge in [-0.05, 0) is 50.6 Å². The summed E-state index contributed by atoms with van der Waals surface area (Å²) in [6.45, 7) is 4.47. The van der Waals surface area contributed by atoms with Crippen LogP contribution in [0.2, 0.25) is 0 Å². The van der Waals surface area contributed by atoms with Gasteiger partial charge in [-0.25, -0.2) is 0 Å². The minimum Gasteiger partial charge on any atom is -0.306 e. The Labute approximate surface area is 101 Å². The van der Waals surface area contributed by atoms with Gasteiger partial charge in [0.15, 0.2) is 5.65 Å². The predicted molar refractivity (Wildman–Crippen MR) is 67.0 cm³/mol. The molecule has 0 spiro atoms. The van der Waals surface area contributed by atoms with Crippen molar-refractivity contribution in [1.29, 1.82) is 0 Å². The third kappa shape index (κ3) is 2.05. The van der Waals surface area contributed by atoms with Gasteiger partial charge in [0.2, 0.25) is 0 Å².